The number of halogens is 4. The molecule has 3 aromatic rings. The third-order valence-corrected chi connectivity index (χ3v) is 4.87. The molecule has 2 heterocycles. The van der Waals surface area contributed by atoms with E-state index in [-0.39, 0.29) is 29.7 Å². The lowest BCUT2D eigenvalue weighted by Crippen LogP contribution is -2.33. The Balaban J connectivity index is 1.90. The van der Waals surface area contributed by atoms with Gasteiger partial charge in [-0.15, -0.1) is 0 Å². The minimum atomic E-state index is -4.81. The van der Waals surface area contributed by atoms with Crippen molar-refractivity contribution in [2.24, 2.45) is 18.0 Å². The topological polar surface area (TPSA) is 106 Å². The number of hydrogen-bond acceptors (Lipinski definition) is 6. The van der Waals surface area contributed by atoms with E-state index >= 15 is 0 Å². The molecule has 9 nitrogen and oxygen atoms in total. The van der Waals surface area contributed by atoms with Gasteiger partial charge in [0.2, 0.25) is 0 Å². The molecule has 0 spiro atoms. The zero-order valence-electron chi connectivity index (χ0n) is 19.4. The van der Waals surface area contributed by atoms with Gasteiger partial charge in [-0.05, 0) is 24.1 Å². The monoisotopic (exact) mass is 496 g/mol. The van der Waals surface area contributed by atoms with Crippen molar-refractivity contribution in [3.8, 4) is 17.0 Å². The Hall–Kier alpha value is -3.74. The first-order chi connectivity index (χ1) is 16.5. The van der Waals surface area contributed by atoms with Gasteiger partial charge in [-0.25, -0.2) is 9.38 Å². The first-order valence-electron chi connectivity index (χ1n) is 10.4. The van der Waals surface area contributed by atoms with Gasteiger partial charge in [-0.2, -0.15) is 23.4 Å². The van der Waals surface area contributed by atoms with Crippen molar-refractivity contribution < 1.29 is 31.8 Å². The second-order valence-corrected chi connectivity index (χ2v) is 7.83. The minimum absolute atomic E-state index is 0.0792. The highest BCUT2D eigenvalue weighted by Crippen LogP contribution is 2.31. The fourth-order valence-electron chi connectivity index (χ4n) is 3.35. The Bertz CT molecular complexity index is 1220. The maximum Gasteiger partial charge on any atom is 0.435 e. The van der Waals surface area contributed by atoms with Gasteiger partial charge >= 0.3 is 6.18 Å². The second kappa shape index (κ2) is 10.7. The Kier molecular flexibility index (Phi) is 7.89. The van der Waals surface area contributed by atoms with E-state index in [0.29, 0.717) is 17.9 Å². The number of aromatic amines is 1. The molecule has 0 saturated carbocycles. The van der Waals surface area contributed by atoms with E-state index in [2.05, 4.69) is 25.6 Å². The van der Waals surface area contributed by atoms with Crippen LogP contribution in [0.2, 0.25) is 0 Å². The fraction of sp³-hybridized carbons (Fsp3) is 0.364. The highest BCUT2D eigenvalue weighted by atomic mass is 19.4. The van der Waals surface area contributed by atoms with Gasteiger partial charge in [0.25, 0.3) is 5.91 Å². The van der Waals surface area contributed by atoms with Crippen molar-refractivity contribution in [2.45, 2.75) is 19.5 Å². The first-order valence-corrected chi connectivity index (χ1v) is 10.4. The summed E-state index contributed by atoms with van der Waals surface area (Å²) in [6, 6.07) is 5.84. The van der Waals surface area contributed by atoms with Crippen molar-refractivity contribution in [3.05, 3.63) is 47.5 Å². The smallest absolute Gasteiger partial charge is 0.435 e. The summed E-state index contributed by atoms with van der Waals surface area (Å²) in [5, 5.41) is 12.6. The molecule has 0 saturated heterocycles. The predicted molar refractivity (Wildman–Crippen MR) is 119 cm³/mol. The number of H-pyrrole nitrogens is 1. The zero-order chi connectivity index (χ0) is 25.8. The maximum absolute atomic E-state index is 14.1. The Morgan fingerprint density at radius 3 is 2.66 bits per heavy atom. The third kappa shape index (κ3) is 6.44. The summed E-state index contributed by atoms with van der Waals surface area (Å²) in [4.78, 5) is 17.0. The first kappa shape index (κ1) is 25.9. The Morgan fingerprint density at radius 2 is 2.03 bits per heavy atom. The average Bonchev–Trinajstić information content (AvgIpc) is 3.40. The number of aromatic nitrogens is 4. The zero-order valence-corrected chi connectivity index (χ0v) is 19.4. The van der Waals surface area contributed by atoms with Crippen LogP contribution in [0.25, 0.3) is 11.3 Å². The lowest BCUT2D eigenvalue weighted by Gasteiger charge is -2.13. The van der Waals surface area contributed by atoms with Gasteiger partial charge in [0.15, 0.2) is 23.1 Å². The molecule has 1 amide bonds. The van der Waals surface area contributed by atoms with Crippen LogP contribution in [0.4, 0.5) is 23.4 Å². The maximum atomic E-state index is 14.1. The number of carbonyl (C=O) groups excluding carboxylic acids is 1. The normalized spacial score (nSPS) is 13.1. The second-order valence-electron chi connectivity index (χ2n) is 7.83. The number of amides is 1. The van der Waals surface area contributed by atoms with E-state index in [1.165, 1.54) is 39.5 Å². The fourth-order valence-corrected chi connectivity index (χ4v) is 3.35. The molecule has 188 valence electrons. The van der Waals surface area contributed by atoms with Crippen LogP contribution < -0.4 is 10.1 Å². The van der Waals surface area contributed by atoms with Crippen LogP contribution in [-0.4, -0.2) is 52.5 Å². The lowest BCUT2D eigenvalue weighted by molar-refractivity contribution is -0.141. The number of benzene rings is 1. The number of hydrogen-bond donors (Lipinski definition) is 2. The summed E-state index contributed by atoms with van der Waals surface area (Å²) in [6.45, 7) is 2.15. The summed E-state index contributed by atoms with van der Waals surface area (Å²) >= 11 is 0. The molecular formula is C22H24F4N6O3. The predicted octanol–water partition coefficient (Wildman–Crippen LogP) is 4.11. The molecule has 0 fully saturated rings. The summed E-state index contributed by atoms with van der Waals surface area (Å²) in [5.74, 6) is -1.40. The summed E-state index contributed by atoms with van der Waals surface area (Å²) < 4.78 is 64.9. The number of methoxy groups -OCH3 is 2. The van der Waals surface area contributed by atoms with Crippen LogP contribution in [0.1, 0.15) is 29.4 Å². The third-order valence-electron chi connectivity index (χ3n) is 4.87. The molecule has 2 aromatic heterocycles. The molecule has 0 bridgehead atoms. The van der Waals surface area contributed by atoms with Crippen molar-refractivity contribution in [1.82, 2.24) is 25.3 Å². The molecule has 35 heavy (non-hydrogen) atoms. The van der Waals surface area contributed by atoms with E-state index in [0.717, 1.165) is 10.9 Å². The lowest BCUT2D eigenvalue weighted by atomic mass is 10.1. The van der Waals surface area contributed by atoms with Crippen LogP contribution in [0.15, 0.2) is 35.5 Å². The molecule has 3 rings (SSSR count). The minimum Gasteiger partial charge on any atom is -0.494 e. The molecule has 0 aliphatic carbocycles. The highest BCUT2D eigenvalue weighted by molar-refractivity contribution is 6.07. The van der Waals surface area contributed by atoms with E-state index < -0.39 is 29.2 Å². The number of rotatable bonds is 8. The Labute approximate surface area is 198 Å². The van der Waals surface area contributed by atoms with Crippen molar-refractivity contribution >= 4 is 17.6 Å². The molecule has 2 N–H and O–H groups in total. The highest BCUT2D eigenvalue weighted by Gasteiger charge is 2.39. The Morgan fingerprint density at radius 1 is 1.29 bits per heavy atom. The standard InChI is InChI=1S/C22H24F4N6O3/c1-12(11-34-3)7-18(28-21(33)14-10-32(2)31-20(14)22(24,25)26)27-19-9-16(29-30-19)13-5-6-17(35-4)15(23)8-13/h5-6,8-10,12H,7,11H2,1-4H3,(H2,27,28,29,30,33)/t12-/m1/s1. The SMILES string of the molecule is COC[C@H](C)CC(=Nc1cc(-c2ccc(OC)c(F)c2)[nH]n1)NC(=O)c1cn(C)nc1C(F)(F)F. The largest absolute Gasteiger partial charge is 0.494 e. The number of ether oxygens (including phenoxy) is 2. The summed E-state index contributed by atoms with van der Waals surface area (Å²) in [6.07, 6.45) is -3.64. The van der Waals surface area contributed by atoms with Crippen LogP contribution in [-0.2, 0) is 18.0 Å². The number of aryl methyl sites for hydroxylation is 1. The van der Waals surface area contributed by atoms with Gasteiger partial charge in [-0.3, -0.25) is 14.6 Å². The average molecular weight is 496 g/mol. The number of alkyl halides is 3. The van der Waals surface area contributed by atoms with Crippen molar-refractivity contribution in [1.29, 1.82) is 0 Å². The van der Waals surface area contributed by atoms with Crippen LogP contribution in [0, 0.1) is 11.7 Å². The quantitative estimate of drug-likeness (QED) is 0.277. The molecule has 13 heteroatoms. The van der Waals surface area contributed by atoms with Gasteiger partial charge in [-0.1, -0.05) is 6.92 Å². The van der Waals surface area contributed by atoms with Crippen LogP contribution >= 0.6 is 0 Å². The number of nitrogens with zero attached hydrogens (tertiary/aromatic N) is 4. The number of aliphatic imine (C=N–C) groups is 1. The van der Waals surface area contributed by atoms with Gasteiger partial charge in [0, 0.05) is 45.0 Å². The molecule has 0 unspecified atom stereocenters. The molecule has 1 atom stereocenters. The number of nitrogens with one attached hydrogen (secondary N) is 2. The summed E-state index contributed by atoms with van der Waals surface area (Å²) in [7, 11) is 4.14. The summed E-state index contributed by atoms with van der Waals surface area (Å²) in [5.41, 5.74) is -1.03. The van der Waals surface area contributed by atoms with Crippen LogP contribution in [0.3, 0.4) is 0 Å². The van der Waals surface area contributed by atoms with Gasteiger partial charge in [0.1, 0.15) is 5.84 Å². The van der Waals surface area contributed by atoms with Crippen molar-refractivity contribution in [3.63, 3.8) is 0 Å². The number of carbonyl (C=O) groups is 1. The van der Waals surface area contributed by atoms with Crippen molar-refractivity contribution in [2.75, 3.05) is 20.8 Å². The molecular weight excluding hydrogens is 472 g/mol. The van der Waals surface area contributed by atoms with E-state index in [9.17, 15) is 22.4 Å². The molecule has 1 aromatic carbocycles. The molecule has 0 aliphatic heterocycles. The number of amidine groups is 1. The van der Waals surface area contributed by atoms with E-state index in [4.69, 9.17) is 9.47 Å². The van der Waals surface area contributed by atoms with Gasteiger partial charge < -0.3 is 14.8 Å². The van der Waals surface area contributed by atoms with E-state index in [1.807, 2.05) is 6.92 Å². The molecule has 0 aliphatic rings. The van der Waals surface area contributed by atoms with E-state index in [1.54, 1.807) is 6.07 Å². The molecule has 0 radical (unpaired) electrons. The van der Waals surface area contributed by atoms with Crippen LogP contribution in [0.5, 0.6) is 5.75 Å². The van der Waals surface area contributed by atoms with Gasteiger partial charge in [0.05, 0.1) is 18.4 Å².